The Balaban J connectivity index is 0. The van der Waals surface area contributed by atoms with Crippen LogP contribution in [0.25, 0.3) is 0 Å². The van der Waals surface area contributed by atoms with E-state index in [1.807, 2.05) is 18.3 Å². The fourth-order valence-electron chi connectivity index (χ4n) is 2.07. The van der Waals surface area contributed by atoms with Crippen molar-refractivity contribution >= 4 is 37.2 Å². The van der Waals surface area contributed by atoms with Gasteiger partial charge in [-0.3, -0.25) is 9.88 Å². The van der Waals surface area contributed by atoms with Crippen LogP contribution < -0.4 is 5.73 Å². The summed E-state index contributed by atoms with van der Waals surface area (Å²) in [7, 11) is 0. The molecule has 1 aliphatic rings. The summed E-state index contributed by atoms with van der Waals surface area (Å²) in [5.41, 5.74) is 6.86. The highest BCUT2D eigenvalue weighted by molar-refractivity contribution is 5.86. The highest BCUT2D eigenvalue weighted by Gasteiger charge is 2.22. The van der Waals surface area contributed by atoms with E-state index >= 15 is 0 Å². The number of nitrogens with zero attached hydrogens (tertiary/aromatic N) is 2. The second-order valence-corrected chi connectivity index (χ2v) is 3.82. The minimum atomic E-state index is 0. The van der Waals surface area contributed by atoms with Crippen LogP contribution in [0.3, 0.4) is 0 Å². The third kappa shape index (κ3) is 5.40. The molecule has 2 heterocycles. The molecule has 0 saturated carbocycles. The average molecular weight is 301 g/mol. The van der Waals surface area contributed by atoms with Gasteiger partial charge < -0.3 is 5.73 Å². The van der Waals surface area contributed by atoms with E-state index in [4.69, 9.17) is 5.73 Å². The largest absolute Gasteiger partial charge is 0.329 e. The molecule has 6 heteroatoms. The summed E-state index contributed by atoms with van der Waals surface area (Å²) in [4.78, 5) is 6.76. The van der Waals surface area contributed by atoms with Crippen LogP contribution in [-0.4, -0.2) is 29.0 Å². The predicted molar refractivity (Wildman–Crippen MR) is 78.5 cm³/mol. The van der Waals surface area contributed by atoms with Crippen molar-refractivity contribution in [2.24, 2.45) is 5.73 Å². The van der Waals surface area contributed by atoms with Gasteiger partial charge in [0.15, 0.2) is 0 Å². The van der Waals surface area contributed by atoms with Gasteiger partial charge in [0.05, 0.1) is 5.69 Å². The molecule has 0 radical (unpaired) electrons. The van der Waals surface area contributed by atoms with Gasteiger partial charge in [0, 0.05) is 25.3 Å². The first-order valence-corrected chi connectivity index (χ1v) is 5.24. The first-order chi connectivity index (χ1) is 6.90. The molecule has 1 aliphatic heterocycles. The van der Waals surface area contributed by atoms with Gasteiger partial charge in [-0.05, 0) is 31.5 Å². The van der Waals surface area contributed by atoms with E-state index < -0.39 is 0 Å². The van der Waals surface area contributed by atoms with Gasteiger partial charge in [-0.1, -0.05) is 6.07 Å². The van der Waals surface area contributed by atoms with Crippen LogP contribution in [0.2, 0.25) is 0 Å². The summed E-state index contributed by atoms with van der Waals surface area (Å²) < 4.78 is 0. The molecule has 0 bridgehead atoms. The molecule has 3 nitrogen and oxygen atoms in total. The molecule has 1 aromatic heterocycles. The van der Waals surface area contributed by atoms with Crippen LogP contribution in [-0.2, 0) is 6.54 Å². The molecule has 2 N–H and O–H groups in total. The second kappa shape index (κ2) is 9.92. The number of aromatic nitrogens is 1. The molecule has 0 aromatic carbocycles. The summed E-state index contributed by atoms with van der Waals surface area (Å²) in [5.74, 6) is 0. The monoisotopic (exact) mass is 299 g/mol. The molecule has 1 fully saturated rings. The summed E-state index contributed by atoms with van der Waals surface area (Å²) in [6, 6.07) is 6.63. The zero-order chi connectivity index (χ0) is 9.80. The lowest BCUT2D eigenvalue weighted by atomic mass is 10.2. The second-order valence-electron chi connectivity index (χ2n) is 3.82. The normalized spacial score (nSPS) is 18.8. The van der Waals surface area contributed by atoms with Crippen molar-refractivity contribution in [1.29, 1.82) is 0 Å². The Bertz CT molecular complexity index is 285. The van der Waals surface area contributed by atoms with Gasteiger partial charge in [0.2, 0.25) is 0 Å². The molecule has 1 atom stereocenters. The highest BCUT2D eigenvalue weighted by atomic mass is 35.5. The van der Waals surface area contributed by atoms with E-state index in [0.29, 0.717) is 6.04 Å². The fraction of sp³-hybridized carbons (Fsp3) is 0.545. The minimum Gasteiger partial charge on any atom is -0.329 e. The van der Waals surface area contributed by atoms with Crippen LogP contribution in [0.1, 0.15) is 18.5 Å². The molecular weight excluding hydrogens is 281 g/mol. The number of nitrogens with two attached hydrogens (primary N) is 1. The molecule has 0 aliphatic carbocycles. The zero-order valence-electron chi connectivity index (χ0n) is 9.62. The summed E-state index contributed by atoms with van der Waals surface area (Å²) in [6.07, 6.45) is 4.36. The van der Waals surface area contributed by atoms with E-state index in [2.05, 4.69) is 16.0 Å². The molecular formula is C11H20Cl3N3. The third-order valence-corrected chi connectivity index (χ3v) is 2.86. The lowest BCUT2D eigenvalue weighted by molar-refractivity contribution is 0.247. The van der Waals surface area contributed by atoms with Crippen LogP contribution in [0.4, 0.5) is 0 Å². The summed E-state index contributed by atoms with van der Waals surface area (Å²) in [6.45, 7) is 2.88. The number of likely N-dealkylation sites (tertiary alicyclic amines) is 1. The maximum absolute atomic E-state index is 5.72. The van der Waals surface area contributed by atoms with Crippen molar-refractivity contribution in [3.63, 3.8) is 0 Å². The van der Waals surface area contributed by atoms with E-state index in [0.717, 1.165) is 18.8 Å². The van der Waals surface area contributed by atoms with Crippen LogP contribution in [0.15, 0.2) is 24.4 Å². The molecule has 0 spiro atoms. The quantitative estimate of drug-likeness (QED) is 0.931. The molecule has 1 saturated heterocycles. The van der Waals surface area contributed by atoms with Gasteiger partial charge in [0.25, 0.3) is 0 Å². The Morgan fingerprint density at radius 2 is 2.06 bits per heavy atom. The van der Waals surface area contributed by atoms with E-state index in [9.17, 15) is 0 Å². The molecule has 17 heavy (non-hydrogen) atoms. The Labute approximate surface area is 121 Å². The SMILES string of the molecule is Cl.Cl.Cl.NCC1CCCN1Cc1ccccn1. The van der Waals surface area contributed by atoms with Crippen molar-refractivity contribution < 1.29 is 0 Å². The minimum absolute atomic E-state index is 0. The average Bonchev–Trinajstić information content (AvgIpc) is 2.67. The van der Waals surface area contributed by atoms with Crippen LogP contribution >= 0.6 is 37.2 Å². The van der Waals surface area contributed by atoms with Crippen molar-refractivity contribution in [2.75, 3.05) is 13.1 Å². The number of pyridine rings is 1. The van der Waals surface area contributed by atoms with Gasteiger partial charge in [-0.15, -0.1) is 37.2 Å². The Hall–Kier alpha value is -0.0600. The number of hydrogen-bond acceptors (Lipinski definition) is 3. The van der Waals surface area contributed by atoms with Crippen LogP contribution in [0.5, 0.6) is 0 Å². The van der Waals surface area contributed by atoms with Crippen molar-refractivity contribution in [3.05, 3.63) is 30.1 Å². The summed E-state index contributed by atoms with van der Waals surface area (Å²) >= 11 is 0. The number of rotatable bonds is 3. The zero-order valence-corrected chi connectivity index (χ0v) is 12.1. The van der Waals surface area contributed by atoms with E-state index in [-0.39, 0.29) is 37.2 Å². The lowest BCUT2D eigenvalue weighted by Gasteiger charge is -2.22. The molecule has 100 valence electrons. The highest BCUT2D eigenvalue weighted by Crippen LogP contribution is 2.18. The first-order valence-electron chi connectivity index (χ1n) is 5.24. The third-order valence-electron chi connectivity index (χ3n) is 2.86. The van der Waals surface area contributed by atoms with Gasteiger partial charge in [-0.25, -0.2) is 0 Å². The van der Waals surface area contributed by atoms with Gasteiger partial charge >= 0.3 is 0 Å². The molecule has 0 amide bonds. The lowest BCUT2D eigenvalue weighted by Crippen LogP contribution is -2.35. The standard InChI is InChI=1S/C11H17N3.3ClH/c12-8-11-5-3-7-14(11)9-10-4-1-2-6-13-10;;;/h1-2,4,6,11H,3,5,7-9,12H2;3*1H. The fourth-order valence-corrected chi connectivity index (χ4v) is 2.07. The first kappa shape index (κ1) is 19.3. The van der Waals surface area contributed by atoms with Gasteiger partial charge in [0.1, 0.15) is 0 Å². The molecule has 2 rings (SSSR count). The van der Waals surface area contributed by atoms with Crippen molar-refractivity contribution in [3.8, 4) is 0 Å². The van der Waals surface area contributed by atoms with Crippen molar-refractivity contribution in [1.82, 2.24) is 9.88 Å². The van der Waals surface area contributed by atoms with E-state index in [1.165, 1.54) is 19.4 Å². The Morgan fingerprint density at radius 1 is 1.29 bits per heavy atom. The van der Waals surface area contributed by atoms with Crippen LogP contribution in [0, 0.1) is 0 Å². The Morgan fingerprint density at radius 3 is 2.65 bits per heavy atom. The number of hydrogen-bond donors (Lipinski definition) is 1. The molecule has 1 aromatic rings. The smallest absolute Gasteiger partial charge is 0.0544 e. The maximum Gasteiger partial charge on any atom is 0.0544 e. The number of halogens is 3. The summed E-state index contributed by atoms with van der Waals surface area (Å²) in [5, 5.41) is 0. The Kier molecular flexibility index (Phi) is 11.3. The topological polar surface area (TPSA) is 42.1 Å². The van der Waals surface area contributed by atoms with Crippen molar-refractivity contribution in [2.45, 2.75) is 25.4 Å². The van der Waals surface area contributed by atoms with Gasteiger partial charge in [-0.2, -0.15) is 0 Å². The van der Waals surface area contributed by atoms with E-state index in [1.54, 1.807) is 0 Å². The molecule has 1 unspecified atom stereocenters. The predicted octanol–water partition coefficient (Wildman–Crippen LogP) is 2.27. The maximum atomic E-state index is 5.72.